The molecule has 1 N–H and O–H groups in total. The van der Waals surface area contributed by atoms with Crippen LogP contribution in [0.4, 0.5) is 0 Å². The van der Waals surface area contributed by atoms with Crippen LogP contribution in [0.5, 0.6) is 0 Å². The lowest BCUT2D eigenvalue weighted by Crippen LogP contribution is -2.66. The molecule has 1 aliphatic heterocycles. The van der Waals surface area contributed by atoms with Crippen LogP contribution in [0.25, 0.3) is 0 Å². The average molecular weight is 508 g/mol. The van der Waals surface area contributed by atoms with Crippen LogP contribution in [-0.4, -0.2) is 44.9 Å². The van der Waals surface area contributed by atoms with Crippen LogP contribution in [0.15, 0.2) is 68.7 Å². The van der Waals surface area contributed by atoms with Gasteiger partial charge in [0.2, 0.25) is 0 Å². The summed E-state index contributed by atoms with van der Waals surface area (Å²) in [4.78, 5) is 35.0. The van der Waals surface area contributed by atoms with Crippen molar-refractivity contribution in [1.82, 2.24) is 5.06 Å². The predicted molar refractivity (Wildman–Crippen MR) is 138 cm³/mol. The molecular weight excluding hydrogens is 474 g/mol. The van der Waals surface area contributed by atoms with Crippen LogP contribution in [0.1, 0.15) is 58.4 Å². The van der Waals surface area contributed by atoms with E-state index in [4.69, 9.17) is 9.25 Å². The third-order valence-electron chi connectivity index (χ3n) is 8.80. The van der Waals surface area contributed by atoms with E-state index in [1.165, 1.54) is 11.1 Å². The van der Waals surface area contributed by atoms with Gasteiger partial charge in [-0.2, -0.15) is 11.8 Å². The number of nitrogens with zero attached hydrogens (tertiary/aromatic N) is 1. The standard InChI is InChI=1S/C29H33NO5S/c1-4-36-16-26(33)29-22(12-24(31)23-10-17(2)25(32)13-28(23,29)3)21-11-19-6-5-7-20(19)27(21)30(35-29)14-18-8-9-34-15-18/h8-10,12,15,17,25,32H,4-7,11,13-14,16H2,1-3H3/t17-,25-,28-,29+/m0/s1. The summed E-state index contributed by atoms with van der Waals surface area (Å²) >= 11 is 1.57. The van der Waals surface area contributed by atoms with Crippen molar-refractivity contribution in [1.29, 1.82) is 0 Å². The Labute approximate surface area is 216 Å². The highest BCUT2D eigenvalue weighted by atomic mass is 32.2. The summed E-state index contributed by atoms with van der Waals surface area (Å²) in [6.45, 7) is 6.35. The quantitative estimate of drug-likeness (QED) is 0.576. The van der Waals surface area contributed by atoms with Crippen molar-refractivity contribution in [2.24, 2.45) is 11.3 Å². The van der Waals surface area contributed by atoms with E-state index in [-0.39, 0.29) is 23.2 Å². The SMILES string of the molecule is CCSCC(=O)[C@]12ON(Cc3ccoc3)C3=C(CC4=C3CCC4)C1=CC(=O)C1=C[C@H](C)[C@@H](O)C[C@@]12C. The molecule has 190 valence electrons. The topological polar surface area (TPSA) is 80.0 Å². The first-order valence-corrected chi connectivity index (χ1v) is 14.2. The van der Waals surface area contributed by atoms with Crippen molar-refractivity contribution >= 4 is 23.3 Å². The first-order chi connectivity index (χ1) is 17.3. The number of rotatable bonds is 6. The highest BCUT2D eigenvalue weighted by molar-refractivity contribution is 7.99. The van der Waals surface area contributed by atoms with Crippen LogP contribution in [0.2, 0.25) is 0 Å². The number of hydrogen-bond acceptors (Lipinski definition) is 7. The zero-order valence-corrected chi connectivity index (χ0v) is 22.0. The molecule has 0 saturated heterocycles. The van der Waals surface area contributed by atoms with Crippen molar-refractivity contribution in [2.75, 3.05) is 11.5 Å². The van der Waals surface area contributed by atoms with Gasteiger partial charge >= 0.3 is 0 Å². The summed E-state index contributed by atoms with van der Waals surface area (Å²) in [5, 5.41) is 12.9. The minimum absolute atomic E-state index is 0.0425. The molecule has 5 aliphatic rings. The van der Waals surface area contributed by atoms with Gasteiger partial charge in [-0.3, -0.25) is 14.4 Å². The van der Waals surface area contributed by atoms with E-state index in [1.807, 2.05) is 38.0 Å². The molecule has 0 spiro atoms. The highest BCUT2D eigenvalue weighted by Crippen LogP contribution is 2.62. The molecule has 1 aromatic heterocycles. The summed E-state index contributed by atoms with van der Waals surface area (Å²) in [5.74, 6) is 0.817. The zero-order valence-electron chi connectivity index (χ0n) is 21.1. The van der Waals surface area contributed by atoms with Gasteiger partial charge in [0.05, 0.1) is 36.6 Å². The number of thioether (sulfide) groups is 1. The van der Waals surface area contributed by atoms with Gasteiger partial charge < -0.3 is 9.52 Å². The smallest absolute Gasteiger partial charge is 0.190 e. The van der Waals surface area contributed by atoms with Crippen molar-refractivity contribution in [3.63, 3.8) is 0 Å². The Morgan fingerprint density at radius 1 is 1.28 bits per heavy atom. The van der Waals surface area contributed by atoms with Crippen LogP contribution in [0.3, 0.4) is 0 Å². The van der Waals surface area contributed by atoms with Gasteiger partial charge in [-0.25, -0.2) is 5.06 Å². The molecule has 0 unspecified atom stereocenters. The van der Waals surface area contributed by atoms with E-state index >= 15 is 0 Å². The highest BCUT2D eigenvalue weighted by Gasteiger charge is 2.67. The summed E-state index contributed by atoms with van der Waals surface area (Å²) in [6, 6.07) is 1.92. The van der Waals surface area contributed by atoms with E-state index < -0.39 is 17.1 Å². The van der Waals surface area contributed by atoms with Crippen molar-refractivity contribution in [3.05, 3.63) is 69.9 Å². The first kappa shape index (κ1) is 24.0. The predicted octanol–water partition coefficient (Wildman–Crippen LogP) is 5.07. The Morgan fingerprint density at radius 3 is 2.86 bits per heavy atom. The number of Topliss-reactive ketones (excluding diaryl/α,β-unsaturated/α-hetero) is 1. The largest absolute Gasteiger partial charge is 0.472 e. The Bertz CT molecular complexity index is 1250. The van der Waals surface area contributed by atoms with Gasteiger partial charge in [-0.15, -0.1) is 0 Å². The number of aliphatic hydroxyl groups is 1. The average Bonchev–Trinajstić information content (AvgIpc) is 3.58. The van der Waals surface area contributed by atoms with E-state index in [2.05, 4.69) is 0 Å². The molecule has 6 rings (SSSR count). The third kappa shape index (κ3) is 3.25. The maximum atomic E-state index is 14.4. The number of hydroxylamine groups is 2. The minimum atomic E-state index is -1.38. The molecule has 0 fully saturated rings. The molecular formula is C29H33NO5S. The molecule has 0 saturated carbocycles. The molecule has 2 heterocycles. The zero-order chi connectivity index (χ0) is 25.2. The molecule has 4 atom stereocenters. The monoisotopic (exact) mass is 507 g/mol. The van der Waals surface area contributed by atoms with Crippen molar-refractivity contribution in [3.8, 4) is 0 Å². The molecule has 1 aromatic rings. The van der Waals surface area contributed by atoms with E-state index in [1.54, 1.807) is 30.4 Å². The van der Waals surface area contributed by atoms with Gasteiger partial charge in [0.1, 0.15) is 0 Å². The second-order valence-corrected chi connectivity index (χ2v) is 12.2. The summed E-state index contributed by atoms with van der Waals surface area (Å²) < 4.78 is 5.35. The Hall–Kier alpha value is -2.35. The third-order valence-corrected chi connectivity index (χ3v) is 9.67. The Morgan fingerprint density at radius 2 is 2.11 bits per heavy atom. The second-order valence-electron chi connectivity index (χ2n) is 10.9. The maximum Gasteiger partial charge on any atom is 0.190 e. The molecule has 0 amide bonds. The van der Waals surface area contributed by atoms with Crippen LogP contribution < -0.4 is 0 Å². The first-order valence-electron chi connectivity index (χ1n) is 13.0. The van der Waals surface area contributed by atoms with Crippen LogP contribution >= 0.6 is 11.8 Å². The summed E-state index contributed by atoms with van der Waals surface area (Å²) in [5.41, 5.74) is 4.66. The second kappa shape index (κ2) is 8.61. The lowest BCUT2D eigenvalue weighted by atomic mass is 9.53. The van der Waals surface area contributed by atoms with Crippen LogP contribution in [-0.2, 0) is 21.0 Å². The summed E-state index contributed by atoms with van der Waals surface area (Å²) in [6.07, 6.45) is 10.4. The fraction of sp³-hybridized carbons (Fsp3) is 0.517. The Kier molecular flexibility index (Phi) is 5.74. The minimum Gasteiger partial charge on any atom is -0.472 e. The summed E-state index contributed by atoms with van der Waals surface area (Å²) in [7, 11) is 0. The maximum absolute atomic E-state index is 14.4. The van der Waals surface area contributed by atoms with E-state index in [0.29, 0.717) is 24.1 Å². The lowest BCUT2D eigenvalue weighted by molar-refractivity contribution is -0.251. The van der Waals surface area contributed by atoms with Crippen molar-refractivity contribution in [2.45, 2.75) is 71.1 Å². The number of aliphatic hydroxyl groups excluding tert-OH is 1. The van der Waals surface area contributed by atoms with Gasteiger partial charge in [0.25, 0.3) is 0 Å². The van der Waals surface area contributed by atoms with Gasteiger partial charge in [0.15, 0.2) is 17.2 Å². The van der Waals surface area contributed by atoms with E-state index in [0.717, 1.165) is 48.3 Å². The number of furan rings is 1. The molecule has 0 bridgehead atoms. The normalized spacial score (nSPS) is 33.2. The molecule has 6 nitrogen and oxygen atoms in total. The molecule has 4 aliphatic carbocycles. The fourth-order valence-electron chi connectivity index (χ4n) is 6.98. The number of ketones is 2. The van der Waals surface area contributed by atoms with Crippen LogP contribution in [0, 0.1) is 11.3 Å². The number of hydrogen-bond donors (Lipinski definition) is 1. The number of carbonyl (C=O) groups excluding carboxylic acids is 2. The van der Waals surface area contributed by atoms with Gasteiger partial charge in [-0.05, 0) is 61.1 Å². The van der Waals surface area contributed by atoms with E-state index in [9.17, 15) is 14.7 Å². The lowest BCUT2D eigenvalue weighted by Gasteiger charge is -2.57. The number of carbonyl (C=O) groups is 2. The van der Waals surface area contributed by atoms with Gasteiger partial charge in [-0.1, -0.05) is 32.4 Å². The molecule has 36 heavy (non-hydrogen) atoms. The van der Waals surface area contributed by atoms with Gasteiger partial charge in [0, 0.05) is 28.0 Å². The molecule has 0 radical (unpaired) electrons. The number of fused-ring (bicyclic) bond motifs is 5. The van der Waals surface area contributed by atoms with Crippen molar-refractivity contribution < 1.29 is 24.0 Å². The fourth-order valence-corrected chi connectivity index (χ4v) is 7.58. The molecule has 7 heteroatoms. The Balaban J connectivity index is 1.59. The number of allylic oxidation sites excluding steroid dienone is 3. The molecule has 0 aromatic carbocycles.